The van der Waals surface area contributed by atoms with Crippen molar-refractivity contribution in [2.75, 3.05) is 5.32 Å². The zero-order valence-corrected chi connectivity index (χ0v) is 9.11. The van der Waals surface area contributed by atoms with E-state index >= 15 is 0 Å². The van der Waals surface area contributed by atoms with E-state index in [2.05, 4.69) is 20.5 Å². The van der Waals surface area contributed by atoms with E-state index in [9.17, 15) is 4.79 Å². The van der Waals surface area contributed by atoms with Crippen molar-refractivity contribution in [3.05, 3.63) is 41.3 Å². The number of hydrogen-bond acceptors (Lipinski definition) is 3. The SMILES string of the molecule is Cc1ccc(NC(=O)c2cc(C)[nH]n2)nc1. The summed E-state index contributed by atoms with van der Waals surface area (Å²) in [6, 6.07) is 5.33. The van der Waals surface area contributed by atoms with Crippen molar-refractivity contribution >= 4 is 11.7 Å². The van der Waals surface area contributed by atoms with Crippen molar-refractivity contribution in [3.63, 3.8) is 0 Å². The van der Waals surface area contributed by atoms with Crippen molar-refractivity contribution in [1.29, 1.82) is 0 Å². The van der Waals surface area contributed by atoms with Crippen LogP contribution in [0.2, 0.25) is 0 Å². The molecule has 0 aliphatic carbocycles. The summed E-state index contributed by atoms with van der Waals surface area (Å²) in [4.78, 5) is 15.8. The van der Waals surface area contributed by atoms with Gasteiger partial charge in [-0.1, -0.05) is 6.07 Å². The van der Waals surface area contributed by atoms with Crippen molar-refractivity contribution in [3.8, 4) is 0 Å². The van der Waals surface area contributed by atoms with E-state index in [0.717, 1.165) is 11.3 Å². The average molecular weight is 216 g/mol. The quantitative estimate of drug-likeness (QED) is 0.802. The number of nitrogens with one attached hydrogen (secondary N) is 2. The van der Waals surface area contributed by atoms with E-state index in [-0.39, 0.29) is 5.91 Å². The number of carbonyl (C=O) groups is 1. The minimum atomic E-state index is -0.263. The standard InChI is InChI=1S/C11H12N4O/c1-7-3-4-10(12-6-7)13-11(16)9-5-8(2)14-15-9/h3-6H,1-2H3,(H,14,15)(H,12,13,16). The molecule has 2 rings (SSSR count). The normalized spacial score (nSPS) is 10.1. The number of hydrogen-bond donors (Lipinski definition) is 2. The Labute approximate surface area is 92.9 Å². The van der Waals surface area contributed by atoms with Crippen LogP contribution in [0.3, 0.4) is 0 Å². The summed E-state index contributed by atoms with van der Waals surface area (Å²) >= 11 is 0. The molecule has 0 saturated heterocycles. The van der Waals surface area contributed by atoms with Crippen LogP contribution >= 0.6 is 0 Å². The fraction of sp³-hybridized carbons (Fsp3) is 0.182. The molecule has 82 valence electrons. The Kier molecular flexibility index (Phi) is 2.68. The number of nitrogens with zero attached hydrogens (tertiary/aromatic N) is 2. The highest BCUT2D eigenvalue weighted by atomic mass is 16.2. The van der Waals surface area contributed by atoms with Crippen molar-refractivity contribution < 1.29 is 4.79 Å². The molecule has 0 atom stereocenters. The molecule has 5 nitrogen and oxygen atoms in total. The number of aryl methyl sites for hydroxylation is 2. The van der Waals surface area contributed by atoms with E-state index < -0.39 is 0 Å². The van der Waals surface area contributed by atoms with Gasteiger partial charge in [0.15, 0.2) is 5.69 Å². The highest BCUT2D eigenvalue weighted by Crippen LogP contribution is 2.06. The Hall–Kier alpha value is -2.17. The lowest BCUT2D eigenvalue weighted by Gasteiger charge is -2.01. The van der Waals surface area contributed by atoms with Gasteiger partial charge in [-0.2, -0.15) is 5.10 Å². The highest BCUT2D eigenvalue weighted by Gasteiger charge is 2.09. The first-order valence-corrected chi connectivity index (χ1v) is 4.91. The number of H-pyrrole nitrogens is 1. The molecule has 0 aliphatic rings. The van der Waals surface area contributed by atoms with Crippen LogP contribution in [-0.4, -0.2) is 21.1 Å². The Morgan fingerprint density at radius 2 is 2.19 bits per heavy atom. The van der Waals surface area contributed by atoms with Crippen LogP contribution in [0, 0.1) is 13.8 Å². The lowest BCUT2D eigenvalue weighted by atomic mass is 10.3. The Morgan fingerprint density at radius 1 is 1.38 bits per heavy atom. The number of anilines is 1. The number of carbonyl (C=O) groups excluding carboxylic acids is 1. The van der Waals surface area contributed by atoms with E-state index in [1.54, 1.807) is 18.3 Å². The second-order valence-electron chi connectivity index (χ2n) is 3.61. The first kappa shape index (κ1) is 10.4. The van der Waals surface area contributed by atoms with Crippen LogP contribution in [-0.2, 0) is 0 Å². The number of rotatable bonds is 2. The summed E-state index contributed by atoms with van der Waals surface area (Å²) in [7, 11) is 0. The van der Waals surface area contributed by atoms with Gasteiger partial charge in [0.1, 0.15) is 5.82 Å². The minimum Gasteiger partial charge on any atom is -0.305 e. The second kappa shape index (κ2) is 4.14. The van der Waals surface area contributed by atoms with E-state index in [1.165, 1.54) is 0 Å². The van der Waals surface area contributed by atoms with Gasteiger partial charge in [-0.15, -0.1) is 0 Å². The molecule has 0 unspecified atom stereocenters. The van der Waals surface area contributed by atoms with Crippen LogP contribution in [0.25, 0.3) is 0 Å². The molecule has 0 spiro atoms. The number of pyridine rings is 1. The van der Waals surface area contributed by atoms with Crippen LogP contribution in [0.15, 0.2) is 24.4 Å². The van der Waals surface area contributed by atoms with Gasteiger partial charge < -0.3 is 5.32 Å². The maximum Gasteiger partial charge on any atom is 0.277 e. The molecule has 0 aliphatic heterocycles. The van der Waals surface area contributed by atoms with Gasteiger partial charge in [-0.05, 0) is 31.5 Å². The third kappa shape index (κ3) is 2.25. The lowest BCUT2D eigenvalue weighted by molar-refractivity contribution is 0.102. The van der Waals surface area contributed by atoms with Crippen LogP contribution < -0.4 is 5.32 Å². The summed E-state index contributed by atoms with van der Waals surface area (Å²) in [5.41, 5.74) is 2.26. The molecule has 0 bridgehead atoms. The molecular formula is C11H12N4O. The molecule has 2 heterocycles. The van der Waals surface area contributed by atoms with E-state index in [1.807, 2.05) is 19.9 Å². The summed E-state index contributed by atoms with van der Waals surface area (Å²) < 4.78 is 0. The number of aromatic amines is 1. The number of amides is 1. The van der Waals surface area contributed by atoms with Gasteiger partial charge >= 0.3 is 0 Å². The molecule has 5 heteroatoms. The Bertz CT molecular complexity index is 501. The molecule has 0 saturated carbocycles. The predicted octanol–water partition coefficient (Wildman–Crippen LogP) is 1.67. The predicted molar refractivity (Wildman–Crippen MR) is 60.3 cm³/mol. The maximum absolute atomic E-state index is 11.7. The molecule has 2 aromatic heterocycles. The topological polar surface area (TPSA) is 70.7 Å². The average Bonchev–Trinajstić information content (AvgIpc) is 2.68. The summed E-state index contributed by atoms with van der Waals surface area (Å²) in [6.07, 6.45) is 1.70. The third-order valence-corrected chi connectivity index (χ3v) is 2.09. The maximum atomic E-state index is 11.7. The molecule has 16 heavy (non-hydrogen) atoms. The Morgan fingerprint density at radius 3 is 2.75 bits per heavy atom. The summed E-state index contributed by atoms with van der Waals surface area (Å²) in [5, 5.41) is 9.24. The Balaban J connectivity index is 2.10. The van der Waals surface area contributed by atoms with Crippen LogP contribution in [0.1, 0.15) is 21.7 Å². The summed E-state index contributed by atoms with van der Waals surface area (Å²) in [6.45, 7) is 3.78. The molecule has 2 N–H and O–H groups in total. The van der Waals surface area contributed by atoms with Gasteiger partial charge in [0, 0.05) is 11.9 Å². The third-order valence-electron chi connectivity index (χ3n) is 2.09. The van der Waals surface area contributed by atoms with Gasteiger partial charge in [0.25, 0.3) is 5.91 Å². The molecule has 1 amide bonds. The van der Waals surface area contributed by atoms with Gasteiger partial charge in [-0.25, -0.2) is 4.98 Å². The van der Waals surface area contributed by atoms with E-state index in [4.69, 9.17) is 0 Å². The summed E-state index contributed by atoms with van der Waals surface area (Å²) in [5.74, 6) is 0.261. The minimum absolute atomic E-state index is 0.263. The highest BCUT2D eigenvalue weighted by molar-refractivity contribution is 6.02. The van der Waals surface area contributed by atoms with Gasteiger partial charge in [-0.3, -0.25) is 9.89 Å². The first-order valence-electron chi connectivity index (χ1n) is 4.91. The fourth-order valence-electron chi connectivity index (χ4n) is 1.26. The lowest BCUT2D eigenvalue weighted by Crippen LogP contribution is -2.13. The van der Waals surface area contributed by atoms with Crippen LogP contribution in [0.5, 0.6) is 0 Å². The monoisotopic (exact) mass is 216 g/mol. The molecular weight excluding hydrogens is 204 g/mol. The van der Waals surface area contributed by atoms with Crippen LogP contribution in [0.4, 0.5) is 5.82 Å². The second-order valence-corrected chi connectivity index (χ2v) is 3.61. The van der Waals surface area contributed by atoms with Gasteiger partial charge in [0.2, 0.25) is 0 Å². The zero-order valence-electron chi connectivity index (χ0n) is 9.11. The van der Waals surface area contributed by atoms with Crippen molar-refractivity contribution in [2.24, 2.45) is 0 Å². The number of aromatic nitrogens is 3. The molecule has 2 aromatic rings. The van der Waals surface area contributed by atoms with Crippen molar-refractivity contribution in [2.45, 2.75) is 13.8 Å². The zero-order chi connectivity index (χ0) is 11.5. The molecule has 0 fully saturated rings. The largest absolute Gasteiger partial charge is 0.305 e. The van der Waals surface area contributed by atoms with E-state index in [0.29, 0.717) is 11.5 Å². The molecule has 0 aromatic carbocycles. The van der Waals surface area contributed by atoms with Crippen molar-refractivity contribution in [1.82, 2.24) is 15.2 Å². The smallest absolute Gasteiger partial charge is 0.277 e. The fourth-order valence-corrected chi connectivity index (χ4v) is 1.26. The molecule has 0 radical (unpaired) electrons. The first-order chi connectivity index (χ1) is 7.65. The van der Waals surface area contributed by atoms with Gasteiger partial charge in [0.05, 0.1) is 0 Å².